The summed E-state index contributed by atoms with van der Waals surface area (Å²) in [6.07, 6.45) is -3.21. The molecule has 2 aromatic rings. The van der Waals surface area contributed by atoms with Crippen LogP contribution in [0.1, 0.15) is 12.5 Å². The Labute approximate surface area is 127 Å². The molecular weight excluding hydrogens is 322 g/mol. The van der Waals surface area contributed by atoms with Crippen LogP contribution in [0.5, 0.6) is 0 Å². The summed E-state index contributed by atoms with van der Waals surface area (Å²) in [6.45, 7) is 1.60. The summed E-state index contributed by atoms with van der Waals surface area (Å²) in [6, 6.07) is 4.43. The van der Waals surface area contributed by atoms with Gasteiger partial charge in [0.05, 0.1) is 17.7 Å². The Morgan fingerprint density at radius 3 is 2.73 bits per heavy atom. The van der Waals surface area contributed by atoms with E-state index < -0.39 is 23.2 Å². The Balaban J connectivity index is 2.34. The number of aromatic nitrogens is 1. The molecule has 2 rings (SSSR count). The van der Waals surface area contributed by atoms with Gasteiger partial charge in [0.25, 0.3) is 0 Å². The average molecular weight is 333 g/mol. The molecule has 0 aliphatic heterocycles. The fourth-order valence-electron chi connectivity index (χ4n) is 1.77. The van der Waals surface area contributed by atoms with Gasteiger partial charge in [0.15, 0.2) is 0 Å². The molecule has 8 heteroatoms. The predicted molar refractivity (Wildman–Crippen MR) is 74.1 cm³/mol. The highest BCUT2D eigenvalue weighted by Gasteiger charge is 2.31. The highest BCUT2D eigenvalue weighted by Crippen LogP contribution is 2.35. The molecular formula is C14H11F4NO2S. The van der Waals surface area contributed by atoms with Gasteiger partial charge in [-0.2, -0.15) is 13.2 Å². The zero-order valence-electron chi connectivity index (χ0n) is 11.4. The minimum Gasteiger partial charge on any atom is -0.463 e. The third kappa shape index (κ3) is 3.68. The molecule has 0 radical (unpaired) electrons. The first-order valence-electron chi connectivity index (χ1n) is 6.26. The van der Waals surface area contributed by atoms with Gasteiger partial charge in [0.2, 0.25) is 5.50 Å². The van der Waals surface area contributed by atoms with Crippen LogP contribution in [-0.4, -0.2) is 23.1 Å². The topological polar surface area (TPSA) is 39.2 Å². The van der Waals surface area contributed by atoms with E-state index in [1.807, 2.05) is 0 Å². The highest BCUT2D eigenvalue weighted by atomic mass is 32.2. The van der Waals surface area contributed by atoms with Crippen LogP contribution < -0.4 is 0 Å². The minimum atomic E-state index is -4.48. The number of fused-ring (bicyclic) bond motifs is 1. The van der Waals surface area contributed by atoms with Crippen molar-refractivity contribution in [2.24, 2.45) is 0 Å². The van der Waals surface area contributed by atoms with Gasteiger partial charge in [-0.1, -0.05) is 17.8 Å². The zero-order valence-corrected chi connectivity index (χ0v) is 12.2. The molecule has 0 aliphatic rings. The van der Waals surface area contributed by atoms with Gasteiger partial charge >= 0.3 is 12.1 Å². The van der Waals surface area contributed by atoms with Crippen molar-refractivity contribution in [2.75, 3.05) is 6.61 Å². The lowest BCUT2D eigenvalue weighted by Crippen LogP contribution is -2.15. The summed E-state index contributed by atoms with van der Waals surface area (Å²) in [5.41, 5.74) is -2.71. The molecule has 1 atom stereocenters. The van der Waals surface area contributed by atoms with Crippen LogP contribution in [0.25, 0.3) is 10.9 Å². The van der Waals surface area contributed by atoms with Gasteiger partial charge < -0.3 is 4.74 Å². The van der Waals surface area contributed by atoms with E-state index in [4.69, 9.17) is 0 Å². The van der Waals surface area contributed by atoms with Crippen LogP contribution in [0.4, 0.5) is 17.6 Å². The summed E-state index contributed by atoms with van der Waals surface area (Å²) in [5.74, 6) is -1.02. The van der Waals surface area contributed by atoms with Gasteiger partial charge in [-0.15, -0.1) is 0 Å². The first-order valence-corrected chi connectivity index (χ1v) is 7.14. The molecule has 0 fully saturated rings. The standard InChI is InChI=1S/C14H11F4NO2S/c1-2-21-13(20)12(15)22-11-5-6-19-10-7-8(14(16,17)18)3-4-9(10)11/h3-7,12H,2H2,1H3. The largest absolute Gasteiger partial charge is 0.463 e. The highest BCUT2D eigenvalue weighted by molar-refractivity contribution is 8.00. The Morgan fingerprint density at radius 1 is 1.36 bits per heavy atom. The Hall–Kier alpha value is -1.83. The molecule has 1 aromatic carbocycles. The number of benzene rings is 1. The third-order valence-corrected chi connectivity index (χ3v) is 3.74. The number of pyridine rings is 1. The van der Waals surface area contributed by atoms with Gasteiger partial charge in [-0.3, -0.25) is 4.98 Å². The fourth-order valence-corrected chi connectivity index (χ4v) is 2.59. The number of halogens is 4. The van der Waals surface area contributed by atoms with Crippen molar-refractivity contribution in [1.29, 1.82) is 0 Å². The van der Waals surface area contributed by atoms with Crippen molar-refractivity contribution in [1.82, 2.24) is 4.98 Å². The Morgan fingerprint density at radius 2 is 2.09 bits per heavy atom. The lowest BCUT2D eigenvalue weighted by atomic mass is 10.1. The maximum Gasteiger partial charge on any atom is 0.416 e. The summed E-state index contributed by atoms with van der Waals surface area (Å²) < 4.78 is 56.3. The summed E-state index contributed by atoms with van der Waals surface area (Å²) in [4.78, 5) is 15.5. The molecule has 0 saturated carbocycles. The van der Waals surface area contributed by atoms with E-state index >= 15 is 0 Å². The molecule has 22 heavy (non-hydrogen) atoms. The summed E-state index contributed by atoms with van der Waals surface area (Å²) in [7, 11) is 0. The number of alkyl halides is 4. The molecule has 0 spiro atoms. The maximum atomic E-state index is 13.8. The molecule has 0 N–H and O–H groups in total. The van der Waals surface area contributed by atoms with Gasteiger partial charge in [-0.05, 0) is 25.1 Å². The fraction of sp³-hybridized carbons (Fsp3) is 0.286. The van der Waals surface area contributed by atoms with Crippen molar-refractivity contribution >= 4 is 28.6 Å². The van der Waals surface area contributed by atoms with E-state index in [0.29, 0.717) is 22.0 Å². The number of carbonyl (C=O) groups is 1. The number of rotatable bonds is 4. The van der Waals surface area contributed by atoms with E-state index in [-0.39, 0.29) is 12.1 Å². The maximum absolute atomic E-state index is 13.8. The van der Waals surface area contributed by atoms with E-state index in [9.17, 15) is 22.4 Å². The first kappa shape index (κ1) is 16.5. The normalized spacial score (nSPS) is 13.1. The van der Waals surface area contributed by atoms with Crippen molar-refractivity contribution in [2.45, 2.75) is 23.5 Å². The van der Waals surface area contributed by atoms with Crippen molar-refractivity contribution in [3.63, 3.8) is 0 Å². The third-order valence-electron chi connectivity index (χ3n) is 2.73. The lowest BCUT2D eigenvalue weighted by Gasteiger charge is -2.11. The smallest absolute Gasteiger partial charge is 0.416 e. The predicted octanol–water partition coefficient (Wildman–Crippen LogP) is 4.20. The van der Waals surface area contributed by atoms with Crippen molar-refractivity contribution < 1.29 is 27.1 Å². The van der Waals surface area contributed by atoms with Crippen LogP contribution >= 0.6 is 11.8 Å². The number of ether oxygens (including phenoxy) is 1. The van der Waals surface area contributed by atoms with Crippen LogP contribution in [0.15, 0.2) is 35.4 Å². The monoisotopic (exact) mass is 333 g/mol. The van der Waals surface area contributed by atoms with E-state index in [2.05, 4.69) is 9.72 Å². The number of esters is 1. The van der Waals surface area contributed by atoms with E-state index in [1.54, 1.807) is 6.92 Å². The van der Waals surface area contributed by atoms with E-state index in [1.165, 1.54) is 18.3 Å². The lowest BCUT2D eigenvalue weighted by molar-refractivity contribution is -0.145. The number of nitrogens with zero attached hydrogens (tertiary/aromatic N) is 1. The van der Waals surface area contributed by atoms with Crippen molar-refractivity contribution in [3.05, 3.63) is 36.0 Å². The molecule has 1 unspecified atom stereocenters. The average Bonchev–Trinajstić information content (AvgIpc) is 2.46. The Kier molecular flexibility index (Phi) is 4.90. The Bertz CT molecular complexity index is 690. The number of thioether (sulfide) groups is 1. The van der Waals surface area contributed by atoms with Crippen LogP contribution in [0, 0.1) is 0 Å². The molecule has 0 bridgehead atoms. The van der Waals surface area contributed by atoms with Crippen LogP contribution in [0.3, 0.4) is 0 Å². The molecule has 0 aliphatic carbocycles. The van der Waals surface area contributed by atoms with Gasteiger partial charge in [0.1, 0.15) is 0 Å². The second-order valence-electron chi connectivity index (χ2n) is 4.22. The summed E-state index contributed by atoms with van der Waals surface area (Å²) >= 11 is 0.572. The number of carbonyl (C=O) groups excluding carboxylic acids is 1. The molecule has 0 amide bonds. The molecule has 3 nitrogen and oxygen atoms in total. The molecule has 1 heterocycles. The van der Waals surface area contributed by atoms with Gasteiger partial charge in [0, 0.05) is 16.5 Å². The SMILES string of the molecule is CCOC(=O)C(F)Sc1ccnc2cc(C(F)(F)F)ccc12. The summed E-state index contributed by atoms with van der Waals surface area (Å²) in [5, 5.41) is 0.340. The van der Waals surface area contributed by atoms with Gasteiger partial charge in [-0.25, -0.2) is 9.18 Å². The van der Waals surface area contributed by atoms with E-state index in [0.717, 1.165) is 12.1 Å². The van der Waals surface area contributed by atoms with Crippen LogP contribution in [-0.2, 0) is 15.7 Å². The molecule has 118 valence electrons. The molecule has 0 saturated heterocycles. The second-order valence-corrected chi connectivity index (χ2v) is 5.31. The zero-order chi connectivity index (χ0) is 16.3. The molecule has 1 aromatic heterocycles. The van der Waals surface area contributed by atoms with Crippen LogP contribution in [0.2, 0.25) is 0 Å². The quantitative estimate of drug-likeness (QED) is 0.477. The number of hydrogen-bond acceptors (Lipinski definition) is 4. The van der Waals surface area contributed by atoms with Crippen molar-refractivity contribution in [3.8, 4) is 0 Å². The minimum absolute atomic E-state index is 0.0475. The first-order chi connectivity index (χ1) is 10.3. The second kappa shape index (κ2) is 6.51. The number of hydrogen-bond donors (Lipinski definition) is 0.